The molecular formula is C11H21N3O. The second-order valence-electron chi connectivity index (χ2n) is 5.30. The normalized spacial score (nSPS) is 33.9. The summed E-state index contributed by atoms with van der Waals surface area (Å²) in [4.78, 5) is 13.8. The van der Waals surface area contributed by atoms with E-state index < -0.39 is 0 Å². The van der Waals surface area contributed by atoms with E-state index >= 15 is 0 Å². The van der Waals surface area contributed by atoms with Gasteiger partial charge in [0.1, 0.15) is 0 Å². The highest BCUT2D eigenvalue weighted by Crippen LogP contribution is 2.36. The molecule has 2 bridgehead atoms. The number of nitrogens with two attached hydrogens (primary N) is 1. The molecule has 2 rings (SSSR count). The summed E-state index contributed by atoms with van der Waals surface area (Å²) in [6.45, 7) is 5.86. The lowest BCUT2D eigenvalue weighted by atomic mass is 10.1. The first-order chi connectivity index (χ1) is 7.08. The highest BCUT2D eigenvalue weighted by atomic mass is 16.2. The number of urea groups is 1. The Hall–Kier alpha value is -0.770. The van der Waals surface area contributed by atoms with Crippen molar-refractivity contribution < 1.29 is 4.79 Å². The Kier molecular flexibility index (Phi) is 2.87. The zero-order valence-corrected chi connectivity index (χ0v) is 9.57. The van der Waals surface area contributed by atoms with E-state index in [9.17, 15) is 4.79 Å². The van der Waals surface area contributed by atoms with E-state index in [4.69, 9.17) is 5.73 Å². The zero-order chi connectivity index (χ0) is 11.0. The van der Waals surface area contributed by atoms with Gasteiger partial charge < -0.3 is 16.0 Å². The quantitative estimate of drug-likeness (QED) is 0.709. The molecule has 2 fully saturated rings. The Balaban J connectivity index is 1.87. The van der Waals surface area contributed by atoms with Crippen LogP contribution in [-0.4, -0.2) is 36.1 Å². The number of hydrogen-bond donors (Lipinski definition) is 2. The minimum absolute atomic E-state index is 0.0753. The molecule has 3 atom stereocenters. The van der Waals surface area contributed by atoms with Gasteiger partial charge in [-0.1, -0.05) is 13.8 Å². The number of nitrogens with one attached hydrogen (secondary N) is 1. The van der Waals surface area contributed by atoms with Crippen molar-refractivity contribution in [2.75, 3.05) is 13.1 Å². The molecule has 1 aliphatic heterocycles. The molecule has 0 aromatic carbocycles. The summed E-state index contributed by atoms with van der Waals surface area (Å²) in [5.74, 6) is 1.15. The number of fused-ring (bicyclic) bond motifs is 2. The topological polar surface area (TPSA) is 58.4 Å². The molecule has 1 aliphatic carbocycles. The Morgan fingerprint density at radius 3 is 2.80 bits per heavy atom. The number of carbonyl (C=O) groups excluding carboxylic acids is 1. The number of likely N-dealkylation sites (tertiary alicyclic amines) is 1. The van der Waals surface area contributed by atoms with Gasteiger partial charge in [0.25, 0.3) is 0 Å². The summed E-state index contributed by atoms with van der Waals surface area (Å²) in [5.41, 5.74) is 5.98. The van der Waals surface area contributed by atoms with Crippen LogP contribution in [-0.2, 0) is 0 Å². The molecule has 0 radical (unpaired) electrons. The second kappa shape index (κ2) is 4.00. The average molecular weight is 211 g/mol. The second-order valence-corrected chi connectivity index (χ2v) is 5.30. The Bertz CT molecular complexity index is 254. The van der Waals surface area contributed by atoms with E-state index in [1.165, 1.54) is 0 Å². The van der Waals surface area contributed by atoms with Crippen molar-refractivity contribution in [3.05, 3.63) is 0 Å². The van der Waals surface area contributed by atoms with Crippen LogP contribution in [0.25, 0.3) is 0 Å². The minimum Gasteiger partial charge on any atom is -0.338 e. The number of hydrogen-bond acceptors (Lipinski definition) is 2. The lowest BCUT2D eigenvalue weighted by Gasteiger charge is -2.31. The number of nitrogens with zero attached hydrogens (tertiary/aromatic N) is 1. The number of carbonyl (C=O) groups is 1. The van der Waals surface area contributed by atoms with Gasteiger partial charge in [-0.05, 0) is 24.7 Å². The first-order valence-corrected chi connectivity index (χ1v) is 5.88. The molecule has 4 heteroatoms. The van der Waals surface area contributed by atoms with Crippen molar-refractivity contribution >= 4 is 6.03 Å². The Morgan fingerprint density at radius 2 is 2.27 bits per heavy atom. The van der Waals surface area contributed by atoms with E-state index in [1.54, 1.807) is 0 Å². The molecule has 1 saturated heterocycles. The predicted molar refractivity (Wildman–Crippen MR) is 59.4 cm³/mol. The van der Waals surface area contributed by atoms with Crippen LogP contribution in [0.15, 0.2) is 0 Å². The van der Waals surface area contributed by atoms with Gasteiger partial charge in [0.2, 0.25) is 0 Å². The molecule has 0 aromatic rings. The monoisotopic (exact) mass is 211 g/mol. The van der Waals surface area contributed by atoms with Gasteiger partial charge in [-0.15, -0.1) is 0 Å². The third-order valence-electron chi connectivity index (χ3n) is 3.45. The number of amides is 2. The van der Waals surface area contributed by atoms with Gasteiger partial charge in [-0.25, -0.2) is 4.79 Å². The molecule has 4 nitrogen and oxygen atoms in total. The van der Waals surface area contributed by atoms with Crippen molar-refractivity contribution in [2.24, 2.45) is 17.6 Å². The highest BCUT2D eigenvalue weighted by Gasteiger charge is 2.45. The smallest absolute Gasteiger partial charge is 0.317 e. The molecule has 86 valence electrons. The van der Waals surface area contributed by atoms with Gasteiger partial charge in [-0.2, -0.15) is 0 Å². The Morgan fingerprint density at radius 1 is 1.53 bits per heavy atom. The summed E-state index contributed by atoms with van der Waals surface area (Å²) in [7, 11) is 0. The molecule has 2 amide bonds. The zero-order valence-electron chi connectivity index (χ0n) is 9.57. The molecular weight excluding hydrogens is 190 g/mol. The average Bonchev–Trinajstić information content (AvgIpc) is 2.72. The van der Waals surface area contributed by atoms with Gasteiger partial charge in [-0.3, -0.25) is 0 Å². The van der Waals surface area contributed by atoms with Crippen molar-refractivity contribution in [2.45, 2.75) is 38.8 Å². The fourth-order valence-corrected chi connectivity index (χ4v) is 2.70. The van der Waals surface area contributed by atoms with Crippen LogP contribution < -0.4 is 11.1 Å². The molecule has 0 aromatic heterocycles. The molecule has 0 spiro atoms. The maximum atomic E-state index is 11.8. The van der Waals surface area contributed by atoms with E-state index in [0.29, 0.717) is 17.9 Å². The van der Waals surface area contributed by atoms with Crippen molar-refractivity contribution in [3.63, 3.8) is 0 Å². The summed E-state index contributed by atoms with van der Waals surface area (Å²) in [6.07, 6.45) is 2.20. The standard InChI is InChI=1S/C11H21N3O/c1-7(2)5-13-11(15)14-6-8-3-9(12)10(14)4-8/h7-10H,3-6,12H2,1-2H3,(H,13,15). The number of piperidine rings is 1. The first kappa shape index (κ1) is 10.7. The fourth-order valence-electron chi connectivity index (χ4n) is 2.70. The summed E-state index contributed by atoms with van der Waals surface area (Å²) >= 11 is 0. The maximum absolute atomic E-state index is 11.8. The molecule has 3 unspecified atom stereocenters. The van der Waals surface area contributed by atoms with Gasteiger partial charge >= 0.3 is 6.03 Å². The molecule has 15 heavy (non-hydrogen) atoms. The van der Waals surface area contributed by atoms with Crippen LogP contribution in [0.5, 0.6) is 0 Å². The molecule has 2 aliphatic rings. The van der Waals surface area contributed by atoms with Crippen molar-refractivity contribution in [1.29, 1.82) is 0 Å². The van der Waals surface area contributed by atoms with Crippen LogP contribution in [0, 0.1) is 11.8 Å². The SMILES string of the molecule is CC(C)CNC(=O)N1CC2CC(N)C1C2. The van der Waals surface area contributed by atoms with E-state index in [-0.39, 0.29) is 12.1 Å². The summed E-state index contributed by atoms with van der Waals surface area (Å²) < 4.78 is 0. The van der Waals surface area contributed by atoms with E-state index in [0.717, 1.165) is 25.9 Å². The van der Waals surface area contributed by atoms with Crippen LogP contribution in [0.3, 0.4) is 0 Å². The third-order valence-corrected chi connectivity index (χ3v) is 3.45. The lowest BCUT2D eigenvalue weighted by molar-refractivity contribution is 0.172. The predicted octanol–water partition coefficient (Wildman–Crippen LogP) is 0.773. The molecule has 1 saturated carbocycles. The summed E-state index contributed by atoms with van der Waals surface area (Å²) in [6, 6.07) is 0.571. The van der Waals surface area contributed by atoms with Crippen LogP contribution in [0.4, 0.5) is 4.79 Å². The minimum atomic E-state index is 0.0753. The Labute approximate surface area is 91.2 Å². The lowest BCUT2D eigenvalue weighted by Crippen LogP contribution is -2.52. The van der Waals surface area contributed by atoms with Crippen molar-refractivity contribution in [3.8, 4) is 0 Å². The molecule has 3 N–H and O–H groups in total. The van der Waals surface area contributed by atoms with E-state index in [1.807, 2.05) is 4.90 Å². The van der Waals surface area contributed by atoms with Gasteiger partial charge in [0.05, 0.1) is 0 Å². The highest BCUT2D eigenvalue weighted by molar-refractivity contribution is 5.75. The maximum Gasteiger partial charge on any atom is 0.317 e. The fraction of sp³-hybridized carbons (Fsp3) is 0.909. The van der Waals surface area contributed by atoms with Gasteiger partial charge in [0, 0.05) is 25.2 Å². The van der Waals surface area contributed by atoms with Crippen LogP contribution >= 0.6 is 0 Å². The first-order valence-electron chi connectivity index (χ1n) is 5.88. The van der Waals surface area contributed by atoms with E-state index in [2.05, 4.69) is 19.2 Å². The largest absolute Gasteiger partial charge is 0.338 e. The van der Waals surface area contributed by atoms with Crippen LogP contribution in [0.2, 0.25) is 0 Å². The van der Waals surface area contributed by atoms with Crippen molar-refractivity contribution in [1.82, 2.24) is 10.2 Å². The van der Waals surface area contributed by atoms with Gasteiger partial charge in [0.15, 0.2) is 0 Å². The van der Waals surface area contributed by atoms with Crippen LogP contribution in [0.1, 0.15) is 26.7 Å². The molecule has 1 heterocycles. The summed E-state index contributed by atoms with van der Waals surface area (Å²) in [5, 5.41) is 2.96. The number of rotatable bonds is 2. The third kappa shape index (κ3) is 2.09.